The van der Waals surface area contributed by atoms with Crippen molar-refractivity contribution in [2.45, 2.75) is 19.9 Å². The molecule has 8 heteroatoms. The zero-order valence-corrected chi connectivity index (χ0v) is 16.2. The lowest BCUT2D eigenvalue weighted by Crippen LogP contribution is -2.09. The normalized spacial score (nSPS) is 12.4. The second-order valence-corrected chi connectivity index (χ2v) is 7.04. The molecule has 0 atom stereocenters. The van der Waals surface area contributed by atoms with Crippen LogP contribution in [0.5, 0.6) is 5.75 Å². The smallest absolute Gasteiger partial charge is 0.270 e. The summed E-state index contributed by atoms with van der Waals surface area (Å²) in [6.07, 6.45) is 5.88. The Bertz CT molecular complexity index is 1320. The van der Waals surface area contributed by atoms with Crippen molar-refractivity contribution < 1.29 is 9.13 Å². The van der Waals surface area contributed by atoms with Crippen LogP contribution in [0.1, 0.15) is 16.8 Å². The number of rotatable bonds is 4. The Labute approximate surface area is 172 Å². The van der Waals surface area contributed by atoms with Crippen LogP contribution in [0.4, 0.5) is 16.2 Å². The van der Waals surface area contributed by atoms with Crippen LogP contribution in [0.15, 0.2) is 42.9 Å². The van der Waals surface area contributed by atoms with Crippen molar-refractivity contribution in [3.8, 4) is 16.9 Å². The third-order valence-electron chi connectivity index (χ3n) is 5.15. The summed E-state index contributed by atoms with van der Waals surface area (Å²) >= 11 is 0. The number of pyridine rings is 1. The maximum absolute atomic E-state index is 14.5. The number of anilines is 1. The molecule has 30 heavy (non-hydrogen) atoms. The number of benzene rings is 1. The first-order valence-electron chi connectivity index (χ1n) is 9.49. The van der Waals surface area contributed by atoms with Crippen molar-refractivity contribution in [1.29, 1.82) is 0 Å². The van der Waals surface area contributed by atoms with E-state index in [9.17, 15) is 4.39 Å². The van der Waals surface area contributed by atoms with Crippen molar-refractivity contribution >= 4 is 17.4 Å². The summed E-state index contributed by atoms with van der Waals surface area (Å²) in [4.78, 5) is 16.6. The standard InChI is InChI=1S/C22H17FN6O/c1-13-12-29-21(28-13)16(14-5-7-25-20(9-14)24-2)10-26-22(29)27-11-17-15-6-8-30-19(15)4-3-18(17)23/h3-5,7,9-10,12H,6,8,11H2,1H3,(H,26,27). The van der Waals surface area contributed by atoms with Gasteiger partial charge in [0.25, 0.3) is 5.82 Å². The Hall–Kier alpha value is -3.99. The highest BCUT2D eigenvalue weighted by Crippen LogP contribution is 2.31. The van der Waals surface area contributed by atoms with E-state index in [4.69, 9.17) is 11.3 Å². The molecule has 1 N–H and O–H groups in total. The molecule has 0 fully saturated rings. The van der Waals surface area contributed by atoms with Crippen LogP contribution in [-0.2, 0) is 13.0 Å². The van der Waals surface area contributed by atoms with Gasteiger partial charge in [0.15, 0.2) is 0 Å². The van der Waals surface area contributed by atoms with E-state index in [0.29, 0.717) is 36.0 Å². The molecule has 0 aliphatic carbocycles. The Morgan fingerprint density at radius 1 is 1.30 bits per heavy atom. The Morgan fingerprint density at radius 2 is 2.20 bits per heavy atom. The lowest BCUT2D eigenvalue weighted by Gasteiger charge is -2.13. The molecule has 3 aromatic heterocycles. The van der Waals surface area contributed by atoms with Crippen molar-refractivity contribution in [3.63, 3.8) is 0 Å². The average Bonchev–Trinajstić information content (AvgIpc) is 3.39. The Kier molecular flexibility index (Phi) is 4.29. The fourth-order valence-electron chi connectivity index (χ4n) is 3.75. The van der Waals surface area contributed by atoms with Crippen molar-refractivity contribution in [3.05, 3.63) is 76.9 Å². The van der Waals surface area contributed by atoms with E-state index in [-0.39, 0.29) is 12.4 Å². The van der Waals surface area contributed by atoms with E-state index in [1.54, 1.807) is 24.5 Å². The SMILES string of the molecule is [C-]#[N+]c1cc(-c2cnc(NCc3c(F)ccc4c3CCO4)n3cc(C)nc23)ccn1. The molecule has 0 saturated heterocycles. The minimum Gasteiger partial charge on any atom is -0.493 e. The van der Waals surface area contributed by atoms with Gasteiger partial charge in [-0.15, -0.1) is 4.98 Å². The number of fused-ring (bicyclic) bond motifs is 2. The lowest BCUT2D eigenvalue weighted by molar-refractivity contribution is 0.356. The van der Waals surface area contributed by atoms with E-state index in [0.717, 1.165) is 28.1 Å². The molecular formula is C22H17FN6O. The number of halogens is 1. The van der Waals surface area contributed by atoms with Crippen LogP contribution < -0.4 is 10.1 Å². The third kappa shape index (κ3) is 3.01. The fraction of sp³-hybridized carbons (Fsp3) is 0.182. The maximum atomic E-state index is 14.5. The Morgan fingerprint density at radius 3 is 3.07 bits per heavy atom. The van der Waals surface area contributed by atoms with Crippen molar-refractivity contribution in [2.24, 2.45) is 0 Å². The first-order chi connectivity index (χ1) is 14.6. The van der Waals surface area contributed by atoms with Gasteiger partial charge in [-0.2, -0.15) is 0 Å². The molecular weight excluding hydrogens is 383 g/mol. The lowest BCUT2D eigenvalue weighted by atomic mass is 10.0. The van der Waals surface area contributed by atoms with Gasteiger partial charge in [-0.3, -0.25) is 4.40 Å². The molecule has 1 aromatic carbocycles. The number of ether oxygens (including phenoxy) is 1. The van der Waals surface area contributed by atoms with E-state index in [1.165, 1.54) is 6.07 Å². The molecule has 7 nitrogen and oxygen atoms in total. The van der Waals surface area contributed by atoms with Gasteiger partial charge in [-0.1, -0.05) is 6.57 Å². The molecule has 1 aliphatic heterocycles. The first kappa shape index (κ1) is 18.1. The number of imidazole rings is 1. The molecule has 4 heterocycles. The molecule has 1 aliphatic rings. The summed E-state index contributed by atoms with van der Waals surface area (Å²) in [7, 11) is 0. The summed E-state index contributed by atoms with van der Waals surface area (Å²) in [5, 5.41) is 3.24. The predicted octanol–water partition coefficient (Wildman–Crippen LogP) is 4.34. The van der Waals surface area contributed by atoms with Crippen LogP contribution in [0.25, 0.3) is 21.6 Å². The highest BCUT2D eigenvalue weighted by atomic mass is 19.1. The highest BCUT2D eigenvalue weighted by molar-refractivity contribution is 5.79. The quantitative estimate of drug-likeness (QED) is 0.516. The van der Waals surface area contributed by atoms with Crippen LogP contribution in [0.2, 0.25) is 0 Å². The summed E-state index contributed by atoms with van der Waals surface area (Å²) in [5.41, 5.74) is 4.63. The summed E-state index contributed by atoms with van der Waals surface area (Å²) in [5.74, 6) is 1.36. The van der Waals surface area contributed by atoms with Gasteiger partial charge < -0.3 is 14.9 Å². The molecule has 5 rings (SSSR count). The van der Waals surface area contributed by atoms with Crippen molar-refractivity contribution in [2.75, 3.05) is 11.9 Å². The van der Waals surface area contributed by atoms with Gasteiger partial charge in [0, 0.05) is 42.0 Å². The molecule has 4 aromatic rings. The third-order valence-corrected chi connectivity index (χ3v) is 5.15. The largest absolute Gasteiger partial charge is 0.493 e. The maximum Gasteiger partial charge on any atom is 0.270 e. The molecule has 0 bridgehead atoms. The van der Waals surface area contributed by atoms with Gasteiger partial charge in [0.1, 0.15) is 23.4 Å². The summed E-state index contributed by atoms with van der Waals surface area (Å²) in [6, 6.07) is 6.65. The van der Waals surface area contributed by atoms with Gasteiger partial charge >= 0.3 is 0 Å². The Balaban J connectivity index is 1.53. The average molecular weight is 400 g/mol. The monoisotopic (exact) mass is 400 g/mol. The first-order valence-corrected chi connectivity index (χ1v) is 9.49. The van der Waals surface area contributed by atoms with Crippen LogP contribution in [0, 0.1) is 19.3 Å². The minimum atomic E-state index is -0.259. The van der Waals surface area contributed by atoms with E-state index < -0.39 is 0 Å². The summed E-state index contributed by atoms with van der Waals surface area (Å²) < 4.78 is 21.9. The van der Waals surface area contributed by atoms with Crippen molar-refractivity contribution in [1.82, 2.24) is 19.4 Å². The second-order valence-electron chi connectivity index (χ2n) is 7.04. The van der Waals surface area contributed by atoms with Gasteiger partial charge in [0.2, 0.25) is 5.95 Å². The van der Waals surface area contributed by atoms with Gasteiger partial charge in [0.05, 0.1) is 12.3 Å². The number of aromatic nitrogens is 4. The minimum absolute atomic E-state index is 0.259. The molecule has 0 saturated carbocycles. The van der Waals surface area contributed by atoms with E-state index in [2.05, 4.69) is 25.1 Å². The van der Waals surface area contributed by atoms with Gasteiger partial charge in [-0.25, -0.2) is 14.4 Å². The topological polar surface area (TPSA) is 68.7 Å². The van der Waals surface area contributed by atoms with E-state index >= 15 is 0 Å². The van der Waals surface area contributed by atoms with Crippen LogP contribution >= 0.6 is 0 Å². The molecule has 0 unspecified atom stereocenters. The number of hydrogen-bond acceptors (Lipinski definition) is 5. The molecule has 0 amide bonds. The predicted molar refractivity (Wildman–Crippen MR) is 110 cm³/mol. The molecule has 0 spiro atoms. The molecule has 0 radical (unpaired) electrons. The fourth-order valence-corrected chi connectivity index (χ4v) is 3.75. The van der Waals surface area contributed by atoms with Crippen LogP contribution in [0.3, 0.4) is 0 Å². The number of hydrogen-bond donors (Lipinski definition) is 1. The molecule has 148 valence electrons. The summed E-state index contributed by atoms with van der Waals surface area (Å²) in [6.45, 7) is 9.95. The number of nitrogens with one attached hydrogen (secondary N) is 1. The van der Waals surface area contributed by atoms with E-state index in [1.807, 2.05) is 23.6 Å². The number of aryl methyl sites for hydroxylation is 1. The zero-order chi connectivity index (χ0) is 20.7. The van der Waals surface area contributed by atoms with Gasteiger partial charge in [-0.05, 0) is 36.8 Å². The zero-order valence-electron chi connectivity index (χ0n) is 16.2. The highest BCUT2D eigenvalue weighted by Gasteiger charge is 2.20. The second kappa shape index (κ2) is 7.12. The number of nitrogens with zero attached hydrogens (tertiary/aromatic N) is 5. The van der Waals surface area contributed by atoms with Crippen LogP contribution in [-0.4, -0.2) is 26.0 Å².